The summed E-state index contributed by atoms with van der Waals surface area (Å²) in [5.74, 6) is 1.26. The first kappa shape index (κ1) is 10.9. The number of ether oxygens (including phenoxy) is 1. The van der Waals surface area contributed by atoms with Crippen molar-refractivity contribution in [3.05, 3.63) is 28.3 Å². The Morgan fingerprint density at radius 2 is 1.94 bits per heavy atom. The van der Waals surface area contributed by atoms with Crippen LogP contribution in [-0.2, 0) is 19.3 Å². The molecule has 1 fully saturated rings. The standard InChI is InChI=1S/C16H21NO/c1-2-5-13-12(4-1)14(15-6-3-8-17-15)10-11-7-9-18-16(11)13/h10,15,17H,1-9H2/t15-/m1/s1. The Morgan fingerprint density at radius 3 is 2.78 bits per heavy atom. The van der Waals surface area contributed by atoms with Gasteiger partial charge < -0.3 is 10.1 Å². The minimum absolute atomic E-state index is 0.614. The second kappa shape index (κ2) is 4.27. The largest absolute Gasteiger partial charge is 0.493 e. The van der Waals surface area contributed by atoms with Crippen LogP contribution >= 0.6 is 0 Å². The van der Waals surface area contributed by atoms with Gasteiger partial charge >= 0.3 is 0 Å². The number of benzene rings is 1. The highest BCUT2D eigenvalue weighted by atomic mass is 16.5. The van der Waals surface area contributed by atoms with Crippen molar-refractivity contribution in [1.82, 2.24) is 5.32 Å². The van der Waals surface area contributed by atoms with E-state index in [1.165, 1.54) is 56.4 Å². The first-order valence-corrected chi connectivity index (χ1v) is 7.47. The normalized spacial score (nSPS) is 25.7. The first-order chi connectivity index (χ1) is 8.93. The maximum absolute atomic E-state index is 5.89. The Morgan fingerprint density at radius 1 is 1.06 bits per heavy atom. The van der Waals surface area contributed by atoms with Gasteiger partial charge in [0, 0.05) is 12.5 Å². The van der Waals surface area contributed by atoms with E-state index in [2.05, 4.69) is 11.4 Å². The van der Waals surface area contributed by atoms with Crippen molar-refractivity contribution in [3.8, 4) is 5.75 Å². The molecule has 0 amide bonds. The first-order valence-electron chi connectivity index (χ1n) is 7.47. The smallest absolute Gasteiger partial charge is 0.126 e. The second-order valence-corrected chi connectivity index (χ2v) is 5.87. The van der Waals surface area contributed by atoms with Crippen LogP contribution in [0, 0.1) is 0 Å². The summed E-state index contributed by atoms with van der Waals surface area (Å²) in [7, 11) is 0. The van der Waals surface area contributed by atoms with E-state index in [-0.39, 0.29) is 0 Å². The molecule has 0 unspecified atom stereocenters. The molecule has 4 rings (SSSR count). The van der Waals surface area contributed by atoms with Crippen molar-refractivity contribution in [1.29, 1.82) is 0 Å². The van der Waals surface area contributed by atoms with Crippen LogP contribution in [0.25, 0.3) is 0 Å². The van der Waals surface area contributed by atoms with Gasteiger partial charge in [0.1, 0.15) is 5.75 Å². The third-order valence-electron chi connectivity index (χ3n) is 4.77. The molecule has 18 heavy (non-hydrogen) atoms. The molecule has 2 heteroatoms. The van der Waals surface area contributed by atoms with Gasteiger partial charge in [0.2, 0.25) is 0 Å². The van der Waals surface area contributed by atoms with E-state index in [1.54, 1.807) is 16.7 Å². The van der Waals surface area contributed by atoms with Gasteiger partial charge in [-0.25, -0.2) is 0 Å². The summed E-state index contributed by atoms with van der Waals surface area (Å²) in [6.07, 6.45) is 8.94. The maximum atomic E-state index is 5.89. The average Bonchev–Trinajstić information content (AvgIpc) is 3.09. The lowest BCUT2D eigenvalue weighted by Crippen LogP contribution is -2.18. The SMILES string of the molecule is c1c2c(c3c(c1[C@H]1CCCN1)CCCC3)OCC2. The Hall–Kier alpha value is -1.02. The summed E-state index contributed by atoms with van der Waals surface area (Å²) in [5.41, 5.74) is 6.26. The molecular formula is C16H21NO. The molecule has 2 aliphatic heterocycles. The van der Waals surface area contributed by atoms with Crippen LogP contribution < -0.4 is 10.1 Å². The molecule has 1 saturated heterocycles. The fraction of sp³-hybridized carbons (Fsp3) is 0.625. The lowest BCUT2D eigenvalue weighted by atomic mass is 9.83. The van der Waals surface area contributed by atoms with E-state index >= 15 is 0 Å². The highest BCUT2D eigenvalue weighted by Gasteiger charge is 2.28. The molecule has 1 N–H and O–H groups in total. The Kier molecular flexibility index (Phi) is 2.58. The van der Waals surface area contributed by atoms with Crippen molar-refractivity contribution in [2.75, 3.05) is 13.2 Å². The monoisotopic (exact) mass is 243 g/mol. The highest BCUT2D eigenvalue weighted by Crippen LogP contribution is 2.41. The number of hydrogen-bond acceptors (Lipinski definition) is 2. The minimum atomic E-state index is 0.614. The van der Waals surface area contributed by atoms with Gasteiger partial charge in [-0.1, -0.05) is 6.07 Å². The summed E-state index contributed by atoms with van der Waals surface area (Å²) >= 11 is 0. The molecule has 1 aromatic rings. The fourth-order valence-electron chi connectivity index (χ4n) is 3.90. The molecule has 1 aromatic carbocycles. The summed E-state index contributed by atoms with van der Waals surface area (Å²) in [6, 6.07) is 3.07. The molecule has 0 radical (unpaired) electrons. The fourth-order valence-corrected chi connectivity index (χ4v) is 3.90. The summed E-state index contributed by atoms with van der Waals surface area (Å²) in [4.78, 5) is 0. The molecule has 2 nitrogen and oxygen atoms in total. The Labute approximate surface area is 109 Å². The number of rotatable bonds is 1. The lowest BCUT2D eigenvalue weighted by Gasteiger charge is -2.25. The molecule has 1 aliphatic carbocycles. The zero-order valence-corrected chi connectivity index (χ0v) is 10.9. The average molecular weight is 243 g/mol. The topological polar surface area (TPSA) is 21.3 Å². The van der Waals surface area contributed by atoms with E-state index in [1.807, 2.05) is 0 Å². The molecule has 3 aliphatic rings. The summed E-state index contributed by atoms with van der Waals surface area (Å²) < 4.78 is 5.89. The molecule has 2 heterocycles. The third kappa shape index (κ3) is 1.58. The van der Waals surface area contributed by atoms with E-state index < -0.39 is 0 Å². The van der Waals surface area contributed by atoms with Gasteiger partial charge in [0.15, 0.2) is 0 Å². The van der Waals surface area contributed by atoms with Gasteiger partial charge in [0.05, 0.1) is 6.61 Å². The van der Waals surface area contributed by atoms with E-state index in [9.17, 15) is 0 Å². The van der Waals surface area contributed by atoms with Gasteiger partial charge in [-0.3, -0.25) is 0 Å². The second-order valence-electron chi connectivity index (χ2n) is 5.87. The number of nitrogens with one attached hydrogen (secondary N) is 1. The van der Waals surface area contributed by atoms with E-state index in [0.717, 1.165) is 13.0 Å². The highest BCUT2D eigenvalue weighted by molar-refractivity contribution is 5.54. The van der Waals surface area contributed by atoms with Crippen molar-refractivity contribution >= 4 is 0 Å². The summed E-state index contributed by atoms with van der Waals surface area (Å²) in [5, 5.41) is 3.67. The van der Waals surface area contributed by atoms with Gasteiger partial charge in [0.25, 0.3) is 0 Å². The van der Waals surface area contributed by atoms with Crippen molar-refractivity contribution in [2.45, 2.75) is 51.0 Å². The van der Waals surface area contributed by atoms with Crippen LogP contribution in [0.2, 0.25) is 0 Å². The van der Waals surface area contributed by atoms with E-state index in [4.69, 9.17) is 4.74 Å². The van der Waals surface area contributed by atoms with Crippen molar-refractivity contribution < 1.29 is 4.74 Å². The maximum Gasteiger partial charge on any atom is 0.126 e. The molecule has 0 spiro atoms. The Bertz CT molecular complexity index is 474. The predicted molar refractivity (Wildman–Crippen MR) is 72.3 cm³/mol. The molecule has 96 valence electrons. The Balaban J connectivity index is 1.86. The zero-order valence-electron chi connectivity index (χ0n) is 10.9. The lowest BCUT2D eigenvalue weighted by molar-refractivity contribution is 0.351. The van der Waals surface area contributed by atoms with Crippen molar-refractivity contribution in [2.24, 2.45) is 0 Å². The molecular weight excluding hydrogens is 222 g/mol. The molecule has 0 aromatic heterocycles. The number of hydrogen-bond donors (Lipinski definition) is 1. The van der Waals surface area contributed by atoms with Crippen molar-refractivity contribution in [3.63, 3.8) is 0 Å². The van der Waals surface area contributed by atoms with Crippen LogP contribution in [-0.4, -0.2) is 13.2 Å². The van der Waals surface area contributed by atoms with Crippen LogP contribution in [0.5, 0.6) is 5.75 Å². The predicted octanol–water partition coefficient (Wildman–Crippen LogP) is 2.92. The van der Waals surface area contributed by atoms with Crippen LogP contribution in [0.15, 0.2) is 6.07 Å². The van der Waals surface area contributed by atoms with Gasteiger partial charge in [-0.15, -0.1) is 0 Å². The van der Waals surface area contributed by atoms with E-state index in [0.29, 0.717) is 6.04 Å². The third-order valence-corrected chi connectivity index (χ3v) is 4.77. The van der Waals surface area contributed by atoms with Gasteiger partial charge in [-0.05, 0) is 67.3 Å². The zero-order chi connectivity index (χ0) is 11.9. The molecule has 1 atom stereocenters. The quantitative estimate of drug-likeness (QED) is 0.819. The van der Waals surface area contributed by atoms with Crippen LogP contribution in [0.4, 0.5) is 0 Å². The number of fused-ring (bicyclic) bond motifs is 3. The van der Waals surface area contributed by atoms with Crippen LogP contribution in [0.3, 0.4) is 0 Å². The summed E-state index contributed by atoms with van der Waals surface area (Å²) in [6.45, 7) is 2.08. The van der Waals surface area contributed by atoms with Crippen LogP contribution in [0.1, 0.15) is 54.0 Å². The molecule has 0 bridgehead atoms. The molecule has 0 saturated carbocycles. The van der Waals surface area contributed by atoms with Gasteiger partial charge in [-0.2, -0.15) is 0 Å². The minimum Gasteiger partial charge on any atom is -0.493 e.